The van der Waals surface area contributed by atoms with Gasteiger partial charge < -0.3 is 14.8 Å². The Morgan fingerprint density at radius 2 is 1.76 bits per heavy atom. The molecule has 0 saturated heterocycles. The lowest BCUT2D eigenvalue weighted by Gasteiger charge is -2.11. The summed E-state index contributed by atoms with van der Waals surface area (Å²) in [5, 5.41) is 11.5. The number of hydrogen-bond donors (Lipinski definition) is 3. The first-order valence-electron chi connectivity index (χ1n) is 11.7. The summed E-state index contributed by atoms with van der Waals surface area (Å²) in [6.07, 6.45) is 0.251. The molecule has 0 spiro atoms. The number of unbranched alkanes of at least 4 members (excludes halogenated alkanes) is 1. The van der Waals surface area contributed by atoms with Crippen LogP contribution in [-0.2, 0) is 31.1 Å². The van der Waals surface area contributed by atoms with Crippen molar-refractivity contribution in [2.75, 3.05) is 29.0 Å². The Bertz CT molecular complexity index is 1550. The molecule has 0 radical (unpaired) electrons. The molecule has 3 rings (SSSR count). The van der Waals surface area contributed by atoms with Gasteiger partial charge in [-0.1, -0.05) is 0 Å². The van der Waals surface area contributed by atoms with Gasteiger partial charge in [-0.05, 0) is 62.1 Å². The number of carboxylic acids is 1. The van der Waals surface area contributed by atoms with E-state index in [4.69, 9.17) is 9.52 Å². The van der Waals surface area contributed by atoms with Crippen molar-refractivity contribution in [2.45, 2.75) is 32.6 Å². The fourth-order valence-electron chi connectivity index (χ4n) is 3.70. The van der Waals surface area contributed by atoms with Crippen molar-refractivity contribution in [3.8, 4) is 11.3 Å². The summed E-state index contributed by atoms with van der Waals surface area (Å²) in [5.74, 6) is -2.99. The zero-order chi connectivity index (χ0) is 28.1. The topological polar surface area (TPSA) is 173 Å². The first kappa shape index (κ1) is 29.0. The second-order valence-corrected chi connectivity index (χ2v) is 12.8. The molecule has 3 aromatic rings. The summed E-state index contributed by atoms with van der Waals surface area (Å²) >= 11 is 0. The average molecular weight is 570 g/mol. The molecule has 0 atom stereocenters. The van der Waals surface area contributed by atoms with E-state index in [9.17, 15) is 30.8 Å². The number of hydrogen-bond acceptors (Lipinski definition) is 8. The number of carbonyl (C=O) groups is 2. The molecule has 14 heteroatoms. The molecule has 0 aliphatic heterocycles. The number of amides is 1. The lowest BCUT2D eigenvalue weighted by atomic mass is 10.0. The Kier molecular flexibility index (Phi) is 9.09. The second kappa shape index (κ2) is 11.9. The standard InChI is InChI=1S/C24H28FN3O8S2/c1-3-38(34,35)28-22-16(6-4-5-12-37(32,33)13-11-19(29)30)14-18-20(23(31)26-2)21(36-24(18)27-22)15-7-9-17(25)10-8-15/h7-10,14H,3-6,11-13H2,1-2H3,(H,26,31)(H,27,28)(H,29,30). The SMILES string of the molecule is CCS(=O)(=O)Nc1nc2oc(-c3ccc(F)cc3)c(C(=O)NC)c2cc1CCCCS(=O)(=O)CCC(=O)O. The number of rotatable bonds is 13. The van der Waals surface area contributed by atoms with Gasteiger partial charge in [0.25, 0.3) is 5.91 Å². The predicted molar refractivity (Wildman–Crippen MR) is 140 cm³/mol. The van der Waals surface area contributed by atoms with Gasteiger partial charge in [0, 0.05) is 12.6 Å². The first-order chi connectivity index (χ1) is 17.9. The van der Waals surface area contributed by atoms with Crippen LogP contribution in [0.25, 0.3) is 22.4 Å². The molecule has 1 aromatic carbocycles. The van der Waals surface area contributed by atoms with Gasteiger partial charge in [-0.15, -0.1) is 0 Å². The van der Waals surface area contributed by atoms with E-state index in [1.165, 1.54) is 38.2 Å². The summed E-state index contributed by atoms with van der Waals surface area (Å²) in [4.78, 5) is 27.8. The fraction of sp³-hybridized carbons (Fsp3) is 0.375. The maximum absolute atomic E-state index is 13.5. The fourth-order valence-corrected chi connectivity index (χ4v) is 5.65. The molecule has 1 amide bonds. The highest BCUT2D eigenvalue weighted by Gasteiger charge is 2.25. The Morgan fingerprint density at radius 3 is 2.37 bits per heavy atom. The van der Waals surface area contributed by atoms with E-state index >= 15 is 0 Å². The summed E-state index contributed by atoms with van der Waals surface area (Å²) in [7, 11) is -5.87. The molecule has 0 aliphatic carbocycles. The lowest BCUT2D eigenvalue weighted by molar-refractivity contribution is -0.136. The zero-order valence-corrected chi connectivity index (χ0v) is 22.4. The molecule has 206 valence electrons. The van der Waals surface area contributed by atoms with E-state index in [-0.39, 0.29) is 47.2 Å². The number of aryl methyl sites for hydroxylation is 1. The number of furan rings is 1. The summed E-state index contributed by atoms with van der Waals surface area (Å²) in [5.41, 5.74) is 0.932. The van der Waals surface area contributed by atoms with Crippen LogP contribution in [0.3, 0.4) is 0 Å². The van der Waals surface area contributed by atoms with Gasteiger partial charge >= 0.3 is 5.97 Å². The Morgan fingerprint density at radius 1 is 1.08 bits per heavy atom. The van der Waals surface area contributed by atoms with Crippen molar-refractivity contribution in [3.05, 3.63) is 47.3 Å². The number of fused-ring (bicyclic) bond motifs is 1. The van der Waals surface area contributed by atoms with Crippen molar-refractivity contribution in [1.29, 1.82) is 0 Å². The molecular weight excluding hydrogens is 541 g/mol. The number of aliphatic carboxylic acids is 1. The van der Waals surface area contributed by atoms with Crippen molar-refractivity contribution >= 4 is 48.7 Å². The van der Waals surface area contributed by atoms with E-state index in [0.29, 0.717) is 22.9 Å². The number of nitrogens with zero attached hydrogens (tertiary/aromatic N) is 1. The maximum atomic E-state index is 13.5. The van der Waals surface area contributed by atoms with Crippen molar-refractivity contribution < 1.29 is 40.3 Å². The summed E-state index contributed by atoms with van der Waals surface area (Å²) in [6, 6.07) is 6.86. The van der Waals surface area contributed by atoms with E-state index < -0.39 is 49.7 Å². The molecule has 38 heavy (non-hydrogen) atoms. The van der Waals surface area contributed by atoms with Gasteiger partial charge in [0.1, 0.15) is 17.4 Å². The lowest BCUT2D eigenvalue weighted by Crippen LogP contribution is -2.19. The molecule has 0 fully saturated rings. The molecule has 11 nitrogen and oxygen atoms in total. The van der Waals surface area contributed by atoms with Crippen molar-refractivity contribution in [2.24, 2.45) is 0 Å². The third-order valence-electron chi connectivity index (χ3n) is 5.73. The van der Waals surface area contributed by atoms with Gasteiger partial charge in [0.05, 0.1) is 34.6 Å². The third kappa shape index (κ3) is 7.28. The van der Waals surface area contributed by atoms with Crippen LogP contribution in [0.4, 0.5) is 10.2 Å². The highest BCUT2D eigenvalue weighted by Crippen LogP contribution is 2.35. The Labute approximate surface area is 219 Å². The van der Waals surface area contributed by atoms with Crippen LogP contribution in [0, 0.1) is 5.82 Å². The van der Waals surface area contributed by atoms with Gasteiger partial charge in [-0.3, -0.25) is 14.3 Å². The number of benzene rings is 1. The van der Waals surface area contributed by atoms with Gasteiger partial charge in [-0.2, -0.15) is 4.98 Å². The number of nitrogens with one attached hydrogen (secondary N) is 2. The van der Waals surface area contributed by atoms with E-state index in [0.717, 1.165) is 0 Å². The molecular formula is C24H28FN3O8S2. The minimum atomic E-state index is -3.74. The predicted octanol–water partition coefficient (Wildman–Crippen LogP) is 2.97. The van der Waals surface area contributed by atoms with Crippen LogP contribution in [0.2, 0.25) is 0 Å². The van der Waals surface area contributed by atoms with Crippen molar-refractivity contribution in [1.82, 2.24) is 10.3 Å². The highest BCUT2D eigenvalue weighted by molar-refractivity contribution is 7.92. The molecule has 2 heterocycles. The van der Waals surface area contributed by atoms with E-state index in [1.807, 2.05) is 0 Å². The highest BCUT2D eigenvalue weighted by atomic mass is 32.2. The van der Waals surface area contributed by atoms with Crippen molar-refractivity contribution in [3.63, 3.8) is 0 Å². The summed E-state index contributed by atoms with van der Waals surface area (Å²) in [6.45, 7) is 1.45. The number of sulfonamides is 1. The summed E-state index contributed by atoms with van der Waals surface area (Å²) < 4.78 is 70.5. The van der Waals surface area contributed by atoms with Crippen LogP contribution < -0.4 is 10.0 Å². The zero-order valence-electron chi connectivity index (χ0n) is 20.8. The van der Waals surface area contributed by atoms with Crippen LogP contribution in [0.15, 0.2) is 34.7 Å². The third-order valence-corrected chi connectivity index (χ3v) is 8.73. The van der Waals surface area contributed by atoms with E-state index in [2.05, 4.69) is 15.0 Å². The Hall–Kier alpha value is -3.52. The van der Waals surface area contributed by atoms with E-state index in [1.54, 1.807) is 6.07 Å². The van der Waals surface area contributed by atoms with Crippen LogP contribution in [-0.4, -0.2) is 63.1 Å². The first-order valence-corrected chi connectivity index (χ1v) is 15.2. The molecule has 0 unspecified atom stereocenters. The number of aromatic nitrogens is 1. The molecule has 2 aromatic heterocycles. The number of carboxylic acid groups (broad SMARTS) is 1. The molecule has 0 saturated carbocycles. The minimum Gasteiger partial charge on any atom is -0.481 e. The Balaban J connectivity index is 2.01. The largest absolute Gasteiger partial charge is 0.481 e. The number of halogens is 1. The average Bonchev–Trinajstić information content (AvgIpc) is 3.23. The number of pyridine rings is 1. The monoisotopic (exact) mass is 569 g/mol. The maximum Gasteiger partial charge on any atom is 0.304 e. The molecule has 0 bridgehead atoms. The number of sulfone groups is 1. The molecule has 3 N–H and O–H groups in total. The van der Waals surface area contributed by atoms with Gasteiger partial charge in [0.15, 0.2) is 9.84 Å². The van der Waals surface area contributed by atoms with Gasteiger partial charge in [-0.25, -0.2) is 21.2 Å². The normalized spacial score (nSPS) is 12.0. The van der Waals surface area contributed by atoms with Gasteiger partial charge in [0.2, 0.25) is 15.7 Å². The van der Waals surface area contributed by atoms with Crippen LogP contribution >= 0.6 is 0 Å². The minimum absolute atomic E-state index is 0.0169. The number of carbonyl (C=O) groups excluding carboxylic acids is 1. The van der Waals surface area contributed by atoms with Crippen LogP contribution in [0.5, 0.6) is 0 Å². The quantitative estimate of drug-likeness (QED) is 0.262. The second-order valence-electron chi connectivity index (χ2n) is 8.50. The number of anilines is 1. The van der Waals surface area contributed by atoms with Crippen LogP contribution in [0.1, 0.15) is 42.1 Å². The molecule has 0 aliphatic rings. The smallest absolute Gasteiger partial charge is 0.304 e.